The summed E-state index contributed by atoms with van der Waals surface area (Å²) in [5.41, 5.74) is 2.13. The molecule has 1 aromatic carbocycles. The van der Waals surface area contributed by atoms with Crippen molar-refractivity contribution in [2.24, 2.45) is 5.92 Å². The van der Waals surface area contributed by atoms with Crippen LogP contribution in [0.2, 0.25) is 0 Å². The number of benzene rings is 1. The molecule has 3 heteroatoms. The van der Waals surface area contributed by atoms with Gasteiger partial charge in [-0.1, -0.05) is 24.3 Å². The molecule has 0 amide bonds. The molecule has 1 aliphatic carbocycles. The number of carbonyl (C=O) groups excluding carboxylic acids is 2. The zero-order valence-electron chi connectivity index (χ0n) is 13.1. The summed E-state index contributed by atoms with van der Waals surface area (Å²) in [6.07, 6.45) is 3.51. The van der Waals surface area contributed by atoms with Crippen molar-refractivity contribution in [1.29, 1.82) is 0 Å². The molecule has 0 aliphatic heterocycles. The van der Waals surface area contributed by atoms with Crippen LogP contribution in [0.1, 0.15) is 57.1 Å². The predicted octanol–water partition coefficient (Wildman–Crippen LogP) is 3.65. The van der Waals surface area contributed by atoms with Crippen LogP contribution in [0.15, 0.2) is 24.3 Å². The Kier molecular flexibility index (Phi) is 5.16. The second-order valence-electron chi connectivity index (χ2n) is 6.21. The van der Waals surface area contributed by atoms with Gasteiger partial charge in [0.25, 0.3) is 0 Å². The molecule has 0 saturated heterocycles. The summed E-state index contributed by atoms with van der Waals surface area (Å²) in [4.78, 5) is 23.6. The Balaban J connectivity index is 1.98. The van der Waals surface area contributed by atoms with E-state index in [1.54, 1.807) is 0 Å². The number of ketones is 1. The lowest BCUT2D eigenvalue weighted by atomic mass is 9.94. The maximum Gasteiger partial charge on any atom is 0.313 e. The van der Waals surface area contributed by atoms with E-state index in [1.807, 2.05) is 45.0 Å². The van der Waals surface area contributed by atoms with E-state index in [9.17, 15) is 9.59 Å². The number of ether oxygens (including phenoxy) is 1. The van der Waals surface area contributed by atoms with Gasteiger partial charge in [-0.25, -0.2) is 0 Å². The van der Waals surface area contributed by atoms with Crippen molar-refractivity contribution in [2.75, 3.05) is 0 Å². The van der Waals surface area contributed by atoms with Crippen LogP contribution in [0.25, 0.3) is 0 Å². The van der Waals surface area contributed by atoms with Crippen LogP contribution in [0.5, 0.6) is 0 Å². The summed E-state index contributed by atoms with van der Waals surface area (Å²) >= 11 is 0. The molecule has 3 nitrogen and oxygen atoms in total. The van der Waals surface area contributed by atoms with Crippen LogP contribution in [0, 0.1) is 5.92 Å². The average molecular weight is 288 g/mol. The maximum atomic E-state index is 11.9. The lowest BCUT2D eigenvalue weighted by Crippen LogP contribution is -2.17. The Morgan fingerprint density at radius 1 is 1.24 bits per heavy atom. The number of hydrogen-bond donors (Lipinski definition) is 0. The standard InChI is InChI=1S/C18H24O3/c1-12(2)21-18(20)13(3)15-9-7-14(8-10-15)11-16-5-4-6-17(16)19/h7-10,12-13,16H,4-6,11H2,1-3H3. The third-order valence-corrected chi connectivity index (χ3v) is 4.10. The Bertz CT molecular complexity index is 502. The fraction of sp³-hybridized carbons (Fsp3) is 0.556. The minimum Gasteiger partial charge on any atom is -0.463 e. The van der Waals surface area contributed by atoms with Crippen molar-refractivity contribution >= 4 is 11.8 Å². The first-order valence-corrected chi connectivity index (χ1v) is 7.79. The zero-order chi connectivity index (χ0) is 15.4. The van der Waals surface area contributed by atoms with Crippen molar-refractivity contribution in [3.05, 3.63) is 35.4 Å². The van der Waals surface area contributed by atoms with E-state index in [1.165, 1.54) is 5.56 Å². The summed E-state index contributed by atoms with van der Waals surface area (Å²) in [5.74, 6) is 0.144. The summed E-state index contributed by atoms with van der Waals surface area (Å²) in [7, 11) is 0. The van der Waals surface area contributed by atoms with Gasteiger partial charge in [-0.3, -0.25) is 9.59 Å². The molecule has 114 valence electrons. The van der Waals surface area contributed by atoms with Gasteiger partial charge < -0.3 is 4.74 Å². The van der Waals surface area contributed by atoms with Gasteiger partial charge in [0.1, 0.15) is 5.78 Å². The lowest BCUT2D eigenvalue weighted by Gasteiger charge is -2.15. The molecule has 1 aromatic rings. The highest BCUT2D eigenvalue weighted by Gasteiger charge is 2.24. The van der Waals surface area contributed by atoms with E-state index in [4.69, 9.17) is 4.74 Å². The highest BCUT2D eigenvalue weighted by molar-refractivity contribution is 5.83. The van der Waals surface area contributed by atoms with Gasteiger partial charge in [-0.2, -0.15) is 0 Å². The summed E-state index contributed by atoms with van der Waals surface area (Å²) in [6.45, 7) is 5.57. The minimum absolute atomic E-state index is 0.0902. The third kappa shape index (κ3) is 4.16. The van der Waals surface area contributed by atoms with E-state index in [2.05, 4.69) is 0 Å². The SMILES string of the molecule is CC(C)OC(=O)C(C)c1ccc(CC2CCCC2=O)cc1. The molecule has 1 aliphatic rings. The first-order chi connectivity index (χ1) is 9.97. The average Bonchev–Trinajstić information content (AvgIpc) is 2.83. The molecular weight excluding hydrogens is 264 g/mol. The Labute approximate surface area is 126 Å². The van der Waals surface area contributed by atoms with E-state index >= 15 is 0 Å². The molecule has 0 aromatic heterocycles. The number of Topliss-reactive ketones (excluding diaryl/α,β-unsaturated/α-hetero) is 1. The molecule has 0 radical (unpaired) electrons. The van der Waals surface area contributed by atoms with Crippen molar-refractivity contribution in [3.8, 4) is 0 Å². The monoisotopic (exact) mass is 288 g/mol. The molecule has 0 spiro atoms. The molecular formula is C18H24O3. The molecule has 21 heavy (non-hydrogen) atoms. The van der Waals surface area contributed by atoms with Gasteiger partial charge in [-0.05, 0) is 51.2 Å². The molecule has 1 saturated carbocycles. The molecule has 0 heterocycles. The highest BCUT2D eigenvalue weighted by atomic mass is 16.5. The molecule has 2 unspecified atom stereocenters. The maximum absolute atomic E-state index is 11.9. The van der Waals surface area contributed by atoms with Gasteiger partial charge in [0.2, 0.25) is 0 Å². The zero-order valence-corrected chi connectivity index (χ0v) is 13.1. The van der Waals surface area contributed by atoms with Crippen LogP contribution in [-0.4, -0.2) is 17.9 Å². The fourth-order valence-electron chi connectivity index (χ4n) is 2.80. The van der Waals surface area contributed by atoms with Crippen molar-refractivity contribution in [1.82, 2.24) is 0 Å². The molecule has 2 rings (SSSR count). The van der Waals surface area contributed by atoms with E-state index in [0.717, 1.165) is 31.2 Å². The summed E-state index contributed by atoms with van der Waals surface area (Å²) < 4.78 is 5.23. The molecule has 1 fully saturated rings. The second kappa shape index (κ2) is 6.88. The molecule has 0 bridgehead atoms. The van der Waals surface area contributed by atoms with Gasteiger partial charge in [-0.15, -0.1) is 0 Å². The first kappa shape index (κ1) is 15.7. The number of carbonyl (C=O) groups is 2. The topological polar surface area (TPSA) is 43.4 Å². The van der Waals surface area contributed by atoms with Crippen LogP contribution >= 0.6 is 0 Å². The van der Waals surface area contributed by atoms with Crippen LogP contribution < -0.4 is 0 Å². The third-order valence-electron chi connectivity index (χ3n) is 4.10. The van der Waals surface area contributed by atoms with Gasteiger partial charge >= 0.3 is 5.97 Å². The Morgan fingerprint density at radius 2 is 1.90 bits per heavy atom. The summed E-state index contributed by atoms with van der Waals surface area (Å²) in [6, 6.07) is 8.00. The smallest absolute Gasteiger partial charge is 0.313 e. The number of hydrogen-bond acceptors (Lipinski definition) is 3. The van der Waals surface area contributed by atoms with E-state index in [0.29, 0.717) is 5.78 Å². The summed E-state index contributed by atoms with van der Waals surface area (Å²) in [5, 5.41) is 0. The van der Waals surface area contributed by atoms with Gasteiger partial charge in [0.15, 0.2) is 0 Å². The molecule has 2 atom stereocenters. The number of esters is 1. The number of rotatable bonds is 5. The van der Waals surface area contributed by atoms with Crippen molar-refractivity contribution in [2.45, 2.75) is 58.5 Å². The van der Waals surface area contributed by atoms with E-state index in [-0.39, 0.29) is 23.9 Å². The quantitative estimate of drug-likeness (QED) is 0.777. The van der Waals surface area contributed by atoms with Gasteiger partial charge in [0.05, 0.1) is 12.0 Å². The fourth-order valence-corrected chi connectivity index (χ4v) is 2.80. The van der Waals surface area contributed by atoms with Crippen LogP contribution in [0.4, 0.5) is 0 Å². The minimum atomic E-state index is -0.255. The Morgan fingerprint density at radius 3 is 2.43 bits per heavy atom. The molecule has 0 N–H and O–H groups in total. The second-order valence-corrected chi connectivity index (χ2v) is 6.21. The van der Waals surface area contributed by atoms with Crippen LogP contribution in [0.3, 0.4) is 0 Å². The van der Waals surface area contributed by atoms with Crippen molar-refractivity contribution in [3.63, 3.8) is 0 Å². The highest BCUT2D eigenvalue weighted by Crippen LogP contribution is 2.26. The normalized spacial score (nSPS) is 19.8. The van der Waals surface area contributed by atoms with Crippen LogP contribution in [-0.2, 0) is 20.7 Å². The van der Waals surface area contributed by atoms with E-state index < -0.39 is 0 Å². The Hall–Kier alpha value is -1.64. The van der Waals surface area contributed by atoms with Gasteiger partial charge in [0, 0.05) is 12.3 Å². The largest absolute Gasteiger partial charge is 0.463 e. The lowest BCUT2D eigenvalue weighted by molar-refractivity contribution is -0.148. The first-order valence-electron chi connectivity index (χ1n) is 7.79. The van der Waals surface area contributed by atoms with Crippen molar-refractivity contribution < 1.29 is 14.3 Å². The predicted molar refractivity (Wildman–Crippen MR) is 82.1 cm³/mol.